The highest BCUT2D eigenvalue weighted by Gasteiger charge is 2.37. The number of Topliss-reactive ketones (excluding diaryl/α,β-unsaturated/α-hetero) is 1. The zero-order valence-electron chi connectivity index (χ0n) is 10.0. The number of rotatable bonds is 1. The van der Waals surface area contributed by atoms with E-state index in [-0.39, 0.29) is 17.9 Å². The Labute approximate surface area is 111 Å². The van der Waals surface area contributed by atoms with Crippen LogP contribution in [-0.4, -0.2) is 17.9 Å². The van der Waals surface area contributed by atoms with Crippen molar-refractivity contribution in [1.82, 2.24) is 0 Å². The molecule has 0 N–H and O–H groups in total. The molecule has 96 valence electrons. The van der Waals surface area contributed by atoms with Crippen molar-refractivity contribution in [2.45, 2.75) is 44.2 Å². The van der Waals surface area contributed by atoms with Gasteiger partial charge in [0, 0.05) is 35.6 Å². The fourth-order valence-electron chi connectivity index (χ4n) is 3.29. The number of nitrogens with zero attached hydrogens (tertiary/aromatic N) is 1. The molecule has 1 aromatic rings. The zero-order chi connectivity index (χ0) is 12.7. The number of carbonyl (C=O) groups excluding carboxylic acids is 1. The first kappa shape index (κ1) is 12.0. The topological polar surface area (TPSA) is 20.3 Å². The quantitative estimate of drug-likeness (QED) is 0.775. The molecule has 0 aromatic heterocycles. The second-order valence-electron chi connectivity index (χ2n) is 5.22. The summed E-state index contributed by atoms with van der Waals surface area (Å²) < 4.78 is 13.5. The molecule has 2 heterocycles. The molecular weight excluding hydrogens is 253 g/mol. The number of hydrogen-bond donors (Lipinski definition) is 0. The lowest BCUT2D eigenvalue weighted by Crippen LogP contribution is -2.52. The maximum absolute atomic E-state index is 13.5. The second kappa shape index (κ2) is 4.54. The van der Waals surface area contributed by atoms with Crippen LogP contribution in [0.25, 0.3) is 0 Å². The molecule has 0 aliphatic carbocycles. The van der Waals surface area contributed by atoms with Gasteiger partial charge in [-0.15, -0.1) is 0 Å². The van der Waals surface area contributed by atoms with Gasteiger partial charge >= 0.3 is 0 Å². The number of hydrogen-bond acceptors (Lipinski definition) is 2. The summed E-state index contributed by atoms with van der Waals surface area (Å²) in [6, 6.07) is 5.08. The molecule has 0 radical (unpaired) electrons. The Balaban J connectivity index is 1.97. The number of halogens is 2. The van der Waals surface area contributed by atoms with E-state index in [2.05, 4.69) is 4.90 Å². The number of ketones is 1. The van der Waals surface area contributed by atoms with Crippen molar-refractivity contribution < 1.29 is 9.18 Å². The molecule has 0 spiro atoms. The van der Waals surface area contributed by atoms with Crippen LogP contribution in [0.1, 0.15) is 32.1 Å². The Morgan fingerprint density at radius 2 is 1.83 bits per heavy atom. The van der Waals surface area contributed by atoms with Gasteiger partial charge in [-0.05, 0) is 37.5 Å². The molecule has 2 bridgehead atoms. The summed E-state index contributed by atoms with van der Waals surface area (Å²) in [6.07, 6.45) is 4.35. The molecule has 3 rings (SSSR count). The fourth-order valence-corrected chi connectivity index (χ4v) is 3.50. The molecule has 2 aliphatic heterocycles. The van der Waals surface area contributed by atoms with E-state index < -0.39 is 0 Å². The lowest BCUT2D eigenvalue weighted by Gasteiger charge is -2.47. The van der Waals surface area contributed by atoms with E-state index in [0.717, 1.165) is 24.9 Å². The molecule has 4 heteroatoms. The van der Waals surface area contributed by atoms with E-state index >= 15 is 0 Å². The number of benzene rings is 1. The number of carbonyl (C=O) groups is 1. The summed E-state index contributed by atoms with van der Waals surface area (Å²) in [7, 11) is 0. The highest BCUT2D eigenvalue weighted by Crippen LogP contribution is 2.37. The summed E-state index contributed by atoms with van der Waals surface area (Å²) in [4.78, 5) is 13.9. The summed E-state index contributed by atoms with van der Waals surface area (Å²) in [5, 5.41) is 0.417. The molecule has 18 heavy (non-hydrogen) atoms. The van der Waals surface area contributed by atoms with E-state index in [1.807, 2.05) is 0 Å². The van der Waals surface area contributed by atoms with Crippen LogP contribution in [0.4, 0.5) is 10.1 Å². The van der Waals surface area contributed by atoms with Gasteiger partial charge in [-0.1, -0.05) is 11.6 Å². The van der Waals surface area contributed by atoms with E-state index in [1.165, 1.54) is 12.1 Å². The predicted molar refractivity (Wildman–Crippen MR) is 69.6 cm³/mol. The normalized spacial score (nSPS) is 27.4. The van der Waals surface area contributed by atoms with E-state index in [1.54, 1.807) is 6.07 Å². The highest BCUT2D eigenvalue weighted by molar-refractivity contribution is 6.30. The number of anilines is 1. The van der Waals surface area contributed by atoms with Crippen molar-refractivity contribution in [3.8, 4) is 0 Å². The lowest BCUT2D eigenvalue weighted by molar-refractivity contribution is -0.121. The van der Waals surface area contributed by atoms with Gasteiger partial charge in [0.25, 0.3) is 0 Å². The molecule has 0 saturated carbocycles. The fraction of sp³-hybridized carbons (Fsp3) is 0.500. The molecule has 2 aliphatic rings. The maximum atomic E-state index is 13.5. The highest BCUT2D eigenvalue weighted by atomic mass is 35.5. The van der Waals surface area contributed by atoms with E-state index in [9.17, 15) is 9.18 Å². The summed E-state index contributed by atoms with van der Waals surface area (Å²) in [5.74, 6) is 0.0240. The molecule has 2 atom stereocenters. The Bertz CT molecular complexity index is 454. The van der Waals surface area contributed by atoms with Gasteiger partial charge in [-0.3, -0.25) is 4.79 Å². The van der Waals surface area contributed by atoms with Crippen molar-refractivity contribution in [2.24, 2.45) is 0 Å². The molecule has 0 amide bonds. The monoisotopic (exact) mass is 267 g/mol. The van der Waals surface area contributed by atoms with Crippen molar-refractivity contribution in [1.29, 1.82) is 0 Å². The third-order valence-corrected chi connectivity index (χ3v) is 4.15. The van der Waals surface area contributed by atoms with Crippen LogP contribution >= 0.6 is 11.6 Å². The Morgan fingerprint density at radius 3 is 2.44 bits per heavy atom. The molecule has 2 unspecified atom stereocenters. The maximum Gasteiger partial charge on any atom is 0.137 e. The summed E-state index contributed by atoms with van der Waals surface area (Å²) >= 11 is 5.92. The molecule has 1 aromatic carbocycles. The average molecular weight is 268 g/mol. The Hall–Kier alpha value is -1.09. The van der Waals surface area contributed by atoms with Crippen LogP contribution in [0.15, 0.2) is 18.2 Å². The third-order valence-electron chi connectivity index (χ3n) is 3.93. The van der Waals surface area contributed by atoms with E-state index in [4.69, 9.17) is 11.6 Å². The minimum absolute atomic E-state index is 0.225. The van der Waals surface area contributed by atoms with Crippen LogP contribution in [0.3, 0.4) is 0 Å². The molecule has 2 saturated heterocycles. The first-order chi connectivity index (χ1) is 8.63. The number of piperidine rings is 2. The minimum atomic E-state index is -0.313. The summed E-state index contributed by atoms with van der Waals surface area (Å²) in [5.41, 5.74) is 0.821. The van der Waals surface area contributed by atoms with Gasteiger partial charge in [0.1, 0.15) is 11.6 Å². The summed E-state index contributed by atoms with van der Waals surface area (Å²) in [6.45, 7) is 0. The van der Waals surface area contributed by atoms with E-state index in [0.29, 0.717) is 23.6 Å². The van der Waals surface area contributed by atoms with Crippen LogP contribution in [0.2, 0.25) is 5.02 Å². The first-order valence-electron chi connectivity index (χ1n) is 6.39. The van der Waals surface area contributed by atoms with Gasteiger partial charge in [0.2, 0.25) is 0 Å². The Kier molecular flexibility index (Phi) is 3.02. The van der Waals surface area contributed by atoms with Crippen LogP contribution in [0, 0.1) is 5.82 Å². The standard InChI is InChI=1S/C14H15ClFNO/c15-9-4-10(16)6-13(5-9)17-11-2-1-3-12(17)8-14(18)7-11/h4-6,11-12H,1-3,7-8H2. The molecule has 2 nitrogen and oxygen atoms in total. The Morgan fingerprint density at radius 1 is 1.17 bits per heavy atom. The lowest BCUT2D eigenvalue weighted by atomic mass is 9.83. The number of fused-ring (bicyclic) bond motifs is 2. The van der Waals surface area contributed by atoms with Gasteiger partial charge in [0.05, 0.1) is 0 Å². The van der Waals surface area contributed by atoms with Crippen molar-refractivity contribution in [3.63, 3.8) is 0 Å². The zero-order valence-corrected chi connectivity index (χ0v) is 10.8. The van der Waals surface area contributed by atoms with Gasteiger partial charge in [-0.2, -0.15) is 0 Å². The predicted octanol–water partition coefficient (Wildman–Crippen LogP) is 3.57. The SMILES string of the molecule is O=C1CC2CCCC(C1)N2c1cc(F)cc(Cl)c1. The van der Waals surface area contributed by atoms with Crippen LogP contribution < -0.4 is 4.90 Å². The molecule has 2 fully saturated rings. The van der Waals surface area contributed by atoms with Gasteiger partial charge < -0.3 is 4.90 Å². The molecular formula is C14H15ClFNO. The van der Waals surface area contributed by atoms with Crippen molar-refractivity contribution >= 4 is 23.1 Å². The average Bonchev–Trinajstić information content (AvgIpc) is 2.26. The van der Waals surface area contributed by atoms with Crippen molar-refractivity contribution in [3.05, 3.63) is 29.0 Å². The third kappa shape index (κ3) is 2.12. The smallest absolute Gasteiger partial charge is 0.137 e. The van der Waals surface area contributed by atoms with Gasteiger partial charge in [-0.25, -0.2) is 4.39 Å². The first-order valence-corrected chi connectivity index (χ1v) is 6.77. The van der Waals surface area contributed by atoms with Gasteiger partial charge in [0.15, 0.2) is 0 Å². The minimum Gasteiger partial charge on any atom is -0.365 e. The van der Waals surface area contributed by atoms with Crippen LogP contribution in [0.5, 0.6) is 0 Å². The second-order valence-corrected chi connectivity index (χ2v) is 5.66. The van der Waals surface area contributed by atoms with Crippen molar-refractivity contribution in [2.75, 3.05) is 4.90 Å². The largest absolute Gasteiger partial charge is 0.365 e. The van der Waals surface area contributed by atoms with Crippen LogP contribution in [-0.2, 0) is 4.79 Å².